The number of allylic oxidation sites excluding steroid dienone is 10. The van der Waals surface area contributed by atoms with Gasteiger partial charge in [-0.25, -0.2) is 0 Å². The van der Waals surface area contributed by atoms with Gasteiger partial charge in [-0.2, -0.15) is 0 Å². The molecule has 4 aliphatic carbocycles. The topological polar surface area (TPSA) is 110 Å². The predicted molar refractivity (Wildman–Crippen MR) is 165 cm³/mol. The lowest BCUT2D eigenvalue weighted by molar-refractivity contribution is -0.201. The summed E-state index contributed by atoms with van der Waals surface area (Å²) in [6.07, 6.45) is 23.5. The Balaban J connectivity index is 1.62. The number of ether oxygens (including phenoxy) is 2. The Labute approximate surface area is 255 Å². The minimum Gasteiger partial charge on any atom is -0.461 e. The minimum atomic E-state index is -1.48. The fourth-order valence-electron chi connectivity index (χ4n) is 8.25. The molecule has 8 unspecified atom stereocenters. The number of aliphatic hydroxyl groups excluding tert-OH is 1. The Morgan fingerprint density at radius 2 is 1.65 bits per heavy atom. The van der Waals surface area contributed by atoms with Crippen molar-refractivity contribution in [2.75, 3.05) is 6.61 Å². The molecule has 0 aliphatic heterocycles. The van der Waals surface area contributed by atoms with Crippen LogP contribution in [0.15, 0.2) is 84.2 Å². The molecule has 2 fully saturated rings. The number of rotatable bonds is 10. The number of ketones is 1. The molecule has 2 saturated carbocycles. The summed E-state index contributed by atoms with van der Waals surface area (Å²) in [7, 11) is 0. The number of unbranched alkanes of at least 4 members (excludes halogenated alkanes) is 1. The Hall–Kier alpha value is -3.29. The van der Waals surface area contributed by atoms with E-state index in [1.54, 1.807) is 26.0 Å². The number of carbonyl (C=O) groups excluding carboxylic acids is 3. The maximum atomic E-state index is 14.0. The molecule has 4 rings (SSSR count). The maximum absolute atomic E-state index is 14.0. The summed E-state index contributed by atoms with van der Waals surface area (Å²) in [5, 5.41) is 22.9. The van der Waals surface area contributed by atoms with E-state index in [-0.39, 0.29) is 12.4 Å². The van der Waals surface area contributed by atoms with E-state index in [1.165, 1.54) is 13.2 Å². The SMILES string of the molecule is CCCC=CC=CC=CC=CC=COC(=O)C12C(OC(C)=O)C(C)C3(O)C4C=C(C)C(=O)C4CC(CO)=CC3C1C2(C)C. The lowest BCUT2D eigenvalue weighted by Crippen LogP contribution is -2.62. The molecule has 0 bridgehead atoms. The first-order chi connectivity index (χ1) is 20.4. The smallest absolute Gasteiger partial charge is 0.321 e. The summed E-state index contributed by atoms with van der Waals surface area (Å²) in [6, 6.07) is 0. The van der Waals surface area contributed by atoms with E-state index in [1.807, 2.05) is 62.5 Å². The van der Waals surface area contributed by atoms with Crippen molar-refractivity contribution >= 4 is 17.7 Å². The van der Waals surface area contributed by atoms with E-state index in [2.05, 4.69) is 13.0 Å². The quantitative estimate of drug-likeness (QED) is 0.145. The van der Waals surface area contributed by atoms with Crippen LogP contribution >= 0.6 is 0 Å². The molecule has 0 aromatic carbocycles. The second-order valence-corrected chi connectivity index (χ2v) is 12.9. The van der Waals surface area contributed by atoms with Crippen LogP contribution in [-0.2, 0) is 23.9 Å². The second kappa shape index (κ2) is 12.7. The molecule has 0 aromatic heterocycles. The van der Waals surface area contributed by atoms with Gasteiger partial charge in [0.2, 0.25) is 0 Å². The van der Waals surface area contributed by atoms with Crippen molar-refractivity contribution in [1.82, 2.24) is 0 Å². The van der Waals surface area contributed by atoms with Gasteiger partial charge < -0.3 is 19.7 Å². The lowest BCUT2D eigenvalue weighted by atomic mass is 9.58. The lowest BCUT2D eigenvalue weighted by Gasteiger charge is -2.51. The van der Waals surface area contributed by atoms with Crippen LogP contribution in [0.1, 0.15) is 60.8 Å². The van der Waals surface area contributed by atoms with Crippen molar-refractivity contribution in [2.24, 2.45) is 40.4 Å². The first kappa shape index (κ1) is 32.6. The highest BCUT2D eigenvalue weighted by Crippen LogP contribution is 2.80. The molecule has 0 aromatic rings. The predicted octanol–water partition coefficient (Wildman–Crippen LogP) is 5.72. The first-order valence-electron chi connectivity index (χ1n) is 15.4. The van der Waals surface area contributed by atoms with Crippen molar-refractivity contribution in [3.63, 3.8) is 0 Å². The molecule has 43 heavy (non-hydrogen) atoms. The van der Waals surface area contributed by atoms with E-state index in [4.69, 9.17) is 9.47 Å². The minimum absolute atomic E-state index is 0.0474. The number of hydrogen-bond acceptors (Lipinski definition) is 7. The zero-order valence-electron chi connectivity index (χ0n) is 26.2. The second-order valence-electron chi connectivity index (χ2n) is 12.9. The van der Waals surface area contributed by atoms with Gasteiger partial charge in [-0.1, -0.05) is 94.9 Å². The Kier molecular flexibility index (Phi) is 9.67. The van der Waals surface area contributed by atoms with E-state index in [9.17, 15) is 24.6 Å². The number of aliphatic hydroxyl groups is 2. The average molecular weight is 591 g/mol. The monoisotopic (exact) mass is 590 g/mol. The molecule has 7 heteroatoms. The number of Topliss-reactive ketones (excluding diaryl/α,β-unsaturated/α-hetero) is 1. The van der Waals surface area contributed by atoms with Crippen molar-refractivity contribution in [3.05, 3.63) is 84.2 Å². The summed E-state index contributed by atoms with van der Waals surface area (Å²) >= 11 is 0. The van der Waals surface area contributed by atoms with Crippen LogP contribution in [0.2, 0.25) is 0 Å². The third-order valence-electron chi connectivity index (χ3n) is 10.3. The van der Waals surface area contributed by atoms with Crippen LogP contribution < -0.4 is 0 Å². The van der Waals surface area contributed by atoms with Crippen LogP contribution in [0, 0.1) is 40.4 Å². The number of fused-ring (bicyclic) bond motifs is 5. The summed E-state index contributed by atoms with van der Waals surface area (Å²) in [6.45, 7) is 10.6. The van der Waals surface area contributed by atoms with Crippen molar-refractivity contribution in [3.8, 4) is 0 Å². The van der Waals surface area contributed by atoms with E-state index < -0.39 is 64.1 Å². The Morgan fingerprint density at radius 1 is 1.02 bits per heavy atom. The molecule has 0 heterocycles. The van der Waals surface area contributed by atoms with Gasteiger partial charge in [0.25, 0.3) is 0 Å². The molecule has 0 amide bonds. The first-order valence-corrected chi connectivity index (χ1v) is 15.4. The summed E-state index contributed by atoms with van der Waals surface area (Å²) in [4.78, 5) is 39.6. The molecular weight excluding hydrogens is 544 g/mol. The van der Waals surface area contributed by atoms with E-state index >= 15 is 0 Å². The Bertz CT molecular complexity index is 1320. The van der Waals surface area contributed by atoms with Crippen LogP contribution in [0.5, 0.6) is 0 Å². The zero-order valence-corrected chi connectivity index (χ0v) is 26.2. The molecule has 4 aliphatic rings. The molecule has 0 spiro atoms. The van der Waals surface area contributed by atoms with Crippen LogP contribution in [0.25, 0.3) is 0 Å². The highest BCUT2D eigenvalue weighted by Gasteiger charge is 2.88. The third-order valence-corrected chi connectivity index (χ3v) is 10.3. The van der Waals surface area contributed by atoms with Crippen LogP contribution in [0.4, 0.5) is 0 Å². The van der Waals surface area contributed by atoms with Gasteiger partial charge in [-0.15, -0.1) is 0 Å². The molecule has 232 valence electrons. The number of carbonyl (C=O) groups is 3. The fraction of sp³-hybridized carbons (Fsp3) is 0.528. The van der Waals surface area contributed by atoms with Crippen molar-refractivity contribution < 1.29 is 34.1 Å². The summed E-state index contributed by atoms with van der Waals surface area (Å²) in [5.41, 5.74) is -2.17. The van der Waals surface area contributed by atoms with Gasteiger partial charge in [0.15, 0.2) is 5.78 Å². The van der Waals surface area contributed by atoms with E-state index in [0.29, 0.717) is 17.6 Å². The molecular formula is C36H46O7. The molecule has 0 saturated heterocycles. The van der Waals surface area contributed by atoms with Crippen molar-refractivity contribution in [2.45, 2.75) is 72.5 Å². The number of esters is 2. The Morgan fingerprint density at radius 3 is 2.26 bits per heavy atom. The van der Waals surface area contributed by atoms with Gasteiger partial charge in [0.1, 0.15) is 11.5 Å². The van der Waals surface area contributed by atoms with Crippen LogP contribution in [0.3, 0.4) is 0 Å². The van der Waals surface area contributed by atoms with Gasteiger partial charge in [-0.05, 0) is 48.3 Å². The zero-order chi connectivity index (χ0) is 31.6. The summed E-state index contributed by atoms with van der Waals surface area (Å²) < 4.78 is 11.6. The third kappa shape index (κ3) is 5.46. The highest BCUT2D eigenvalue weighted by molar-refractivity contribution is 6.00. The normalized spacial score (nSPS) is 36.5. The van der Waals surface area contributed by atoms with Crippen LogP contribution in [-0.4, -0.2) is 46.2 Å². The molecule has 8 atom stereocenters. The summed E-state index contributed by atoms with van der Waals surface area (Å²) in [5.74, 6) is -3.92. The van der Waals surface area contributed by atoms with Gasteiger partial charge in [0.05, 0.1) is 18.5 Å². The number of hydrogen-bond donors (Lipinski definition) is 2. The fourth-order valence-corrected chi connectivity index (χ4v) is 8.25. The average Bonchev–Trinajstić information content (AvgIpc) is 3.40. The van der Waals surface area contributed by atoms with Crippen molar-refractivity contribution in [1.29, 1.82) is 0 Å². The molecule has 7 nitrogen and oxygen atoms in total. The van der Waals surface area contributed by atoms with Gasteiger partial charge in [-0.3, -0.25) is 14.4 Å². The molecule has 2 N–H and O–H groups in total. The standard InChI is InChI=1S/C36H46O7/c1-7-8-9-10-11-12-13-14-15-16-17-18-42-33(40)35-31(34(35,5)6)29-21-26(22-37)20-27-28(19-23(2)30(27)39)36(29,41)24(3)32(35)43-25(4)38/h9-19,21,24,27-29,31-32,37,41H,7-8,20,22H2,1-6H3. The van der Waals surface area contributed by atoms with Gasteiger partial charge >= 0.3 is 11.9 Å². The van der Waals surface area contributed by atoms with E-state index in [0.717, 1.165) is 12.8 Å². The van der Waals surface area contributed by atoms with Gasteiger partial charge in [0, 0.05) is 30.6 Å². The molecule has 0 radical (unpaired) electrons. The highest BCUT2D eigenvalue weighted by atomic mass is 16.6. The maximum Gasteiger partial charge on any atom is 0.321 e. The largest absolute Gasteiger partial charge is 0.461 e.